The lowest BCUT2D eigenvalue weighted by molar-refractivity contribution is -0.146. The summed E-state index contributed by atoms with van der Waals surface area (Å²) in [6.45, 7) is 3.82. The number of carbonyl (C=O) groups is 1. The van der Waals surface area contributed by atoms with Crippen LogP contribution in [0.4, 0.5) is 30.6 Å². The Morgan fingerprint density at radius 1 is 1.09 bits per heavy atom. The van der Waals surface area contributed by atoms with E-state index in [1.165, 1.54) is 0 Å². The lowest BCUT2D eigenvalue weighted by atomic mass is 9.79. The maximum absolute atomic E-state index is 13.0. The number of carbonyl (C=O) groups excluding carboxylic acids is 1. The molecule has 0 bridgehead atoms. The smallest absolute Gasteiger partial charge is 0.433 e. The minimum absolute atomic E-state index is 0.108. The number of nitrogens with zero attached hydrogens (tertiary/aromatic N) is 4. The van der Waals surface area contributed by atoms with Crippen LogP contribution in [0.5, 0.6) is 0 Å². The van der Waals surface area contributed by atoms with Gasteiger partial charge in [0.2, 0.25) is 5.95 Å². The van der Waals surface area contributed by atoms with Crippen molar-refractivity contribution in [2.75, 3.05) is 29.9 Å². The predicted octanol–water partition coefficient (Wildman–Crippen LogP) is 5.14. The Kier molecular flexibility index (Phi) is 5.82. The molecule has 7 nitrogen and oxygen atoms in total. The summed E-state index contributed by atoms with van der Waals surface area (Å²) in [7, 11) is 0. The molecule has 10 heteroatoms. The van der Waals surface area contributed by atoms with Crippen molar-refractivity contribution in [2.24, 2.45) is 5.41 Å². The van der Waals surface area contributed by atoms with Crippen molar-refractivity contribution in [1.29, 1.82) is 0 Å². The van der Waals surface area contributed by atoms with E-state index in [9.17, 15) is 18.0 Å². The van der Waals surface area contributed by atoms with Crippen LogP contribution in [-0.2, 0) is 15.7 Å². The van der Waals surface area contributed by atoms with Gasteiger partial charge in [-0.05, 0) is 67.6 Å². The standard InChI is InChI=1S/C25H24F3N5O2/c1-16-11-18(13-19(12-16)31-23-29-8-5-20(32-23)25(26,27)28)17-3-4-21(30-14-17)33-9-2-6-24(15-33)7-10-35-22(24)34/h3-5,8,11-14H,2,6-7,9-10,15H2,1H3,(H,29,31,32). The number of nitrogens with one attached hydrogen (secondary N) is 1. The maximum atomic E-state index is 13.0. The van der Waals surface area contributed by atoms with Crippen molar-refractivity contribution in [3.05, 3.63) is 60.0 Å². The molecule has 2 aromatic heterocycles. The molecule has 1 unspecified atom stereocenters. The van der Waals surface area contributed by atoms with E-state index in [0.29, 0.717) is 18.8 Å². The number of ether oxygens (including phenoxy) is 1. The lowest BCUT2D eigenvalue weighted by Gasteiger charge is -2.38. The van der Waals surface area contributed by atoms with E-state index in [0.717, 1.165) is 60.6 Å². The summed E-state index contributed by atoms with van der Waals surface area (Å²) in [6.07, 6.45) is 0.792. The molecule has 2 aliphatic rings. The van der Waals surface area contributed by atoms with Crippen LogP contribution in [0.1, 0.15) is 30.5 Å². The SMILES string of the molecule is Cc1cc(Nc2nccc(C(F)(F)F)n2)cc(-c2ccc(N3CCCC4(CCOC4=O)C3)nc2)c1. The number of aryl methyl sites for hydroxylation is 1. The summed E-state index contributed by atoms with van der Waals surface area (Å²) < 4.78 is 44.2. The largest absolute Gasteiger partial charge is 0.465 e. The van der Waals surface area contributed by atoms with Crippen molar-refractivity contribution in [2.45, 2.75) is 32.4 Å². The van der Waals surface area contributed by atoms with Crippen LogP contribution in [0, 0.1) is 12.3 Å². The molecule has 3 aromatic rings. The highest BCUT2D eigenvalue weighted by atomic mass is 19.4. The van der Waals surface area contributed by atoms with E-state index in [-0.39, 0.29) is 11.9 Å². The molecule has 4 heterocycles. The first-order chi connectivity index (χ1) is 16.7. The van der Waals surface area contributed by atoms with Crippen LogP contribution in [0.2, 0.25) is 0 Å². The van der Waals surface area contributed by atoms with Crippen LogP contribution in [-0.4, -0.2) is 40.6 Å². The van der Waals surface area contributed by atoms with E-state index < -0.39 is 17.3 Å². The number of aromatic nitrogens is 3. The molecule has 182 valence electrons. The summed E-state index contributed by atoms with van der Waals surface area (Å²) in [5, 5.41) is 2.87. The molecule has 2 aliphatic heterocycles. The summed E-state index contributed by atoms with van der Waals surface area (Å²) in [6, 6.07) is 10.3. The molecule has 1 atom stereocenters. The summed E-state index contributed by atoms with van der Waals surface area (Å²) in [5.74, 6) is 0.563. The van der Waals surface area contributed by atoms with Crippen LogP contribution in [0.3, 0.4) is 0 Å². The minimum Gasteiger partial charge on any atom is -0.465 e. The molecule has 0 saturated carbocycles. The Balaban J connectivity index is 1.35. The van der Waals surface area contributed by atoms with Crippen molar-refractivity contribution >= 4 is 23.4 Å². The fourth-order valence-electron chi connectivity index (χ4n) is 4.76. The number of alkyl halides is 3. The number of cyclic esters (lactones) is 1. The first-order valence-corrected chi connectivity index (χ1v) is 11.4. The van der Waals surface area contributed by atoms with E-state index in [1.807, 2.05) is 37.3 Å². The van der Waals surface area contributed by atoms with Gasteiger partial charge in [0.1, 0.15) is 11.5 Å². The second-order valence-corrected chi connectivity index (χ2v) is 9.07. The second kappa shape index (κ2) is 8.83. The Bertz CT molecular complexity index is 1250. The number of anilines is 3. The minimum atomic E-state index is -4.55. The number of piperidine rings is 1. The van der Waals surface area contributed by atoms with Crippen molar-refractivity contribution < 1.29 is 22.7 Å². The van der Waals surface area contributed by atoms with Gasteiger partial charge in [-0.3, -0.25) is 4.79 Å². The number of hydrogen-bond donors (Lipinski definition) is 1. The van der Waals surface area contributed by atoms with E-state index >= 15 is 0 Å². The monoisotopic (exact) mass is 483 g/mol. The van der Waals surface area contributed by atoms with Gasteiger partial charge < -0.3 is 15.0 Å². The molecule has 1 aromatic carbocycles. The zero-order valence-electron chi connectivity index (χ0n) is 19.1. The highest BCUT2D eigenvalue weighted by Gasteiger charge is 2.47. The molecule has 5 rings (SSSR count). The molecule has 2 fully saturated rings. The van der Waals surface area contributed by atoms with Gasteiger partial charge in [-0.15, -0.1) is 0 Å². The molecule has 1 N–H and O–H groups in total. The molecule has 1 spiro atoms. The van der Waals surface area contributed by atoms with Gasteiger partial charge in [-0.2, -0.15) is 13.2 Å². The molecule has 2 saturated heterocycles. The number of pyridine rings is 1. The van der Waals surface area contributed by atoms with Crippen molar-refractivity contribution in [3.8, 4) is 11.1 Å². The average Bonchev–Trinajstić information content (AvgIpc) is 3.17. The molecular weight excluding hydrogens is 459 g/mol. The molecule has 0 amide bonds. The van der Waals surface area contributed by atoms with Crippen LogP contribution < -0.4 is 10.2 Å². The average molecular weight is 483 g/mol. The van der Waals surface area contributed by atoms with Gasteiger partial charge in [0.05, 0.1) is 12.0 Å². The highest BCUT2D eigenvalue weighted by Crippen LogP contribution is 2.40. The first kappa shape index (κ1) is 23.1. The third kappa shape index (κ3) is 4.78. The fraction of sp³-hybridized carbons (Fsp3) is 0.360. The normalized spacial score (nSPS) is 20.2. The quantitative estimate of drug-likeness (QED) is 0.515. The predicted molar refractivity (Wildman–Crippen MR) is 124 cm³/mol. The van der Waals surface area contributed by atoms with Crippen LogP contribution >= 0.6 is 0 Å². The summed E-state index contributed by atoms with van der Waals surface area (Å²) in [5.41, 5.74) is 1.76. The van der Waals surface area contributed by atoms with E-state index in [4.69, 9.17) is 4.74 Å². The Morgan fingerprint density at radius 3 is 2.66 bits per heavy atom. The van der Waals surface area contributed by atoms with Gasteiger partial charge in [0, 0.05) is 36.7 Å². The Labute approximate surface area is 200 Å². The van der Waals surface area contributed by atoms with Gasteiger partial charge in [-0.1, -0.05) is 6.07 Å². The first-order valence-electron chi connectivity index (χ1n) is 11.4. The Hall–Kier alpha value is -3.69. The maximum Gasteiger partial charge on any atom is 0.433 e. The number of esters is 1. The topological polar surface area (TPSA) is 80.2 Å². The third-order valence-corrected chi connectivity index (χ3v) is 6.51. The molecule has 0 radical (unpaired) electrons. The Morgan fingerprint density at radius 2 is 1.94 bits per heavy atom. The number of rotatable bonds is 4. The highest BCUT2D eigenvalue weighted by molar-refractivity contribution is 5.80. The molecule has 0 aliphatic carbocycles. The summed E-state index contributed by atoms with van der Waals surface area (Å²) in [4.78, 5) is 26.5. The van der Waals surface area contributed by atoms with Gasteiger partial charge in [-0.25, -0.2) is 15.0 Å². The van der Waals surface area contributed by atoms with Gasteiger partial charge in [0.25, 0.3) is 0 Å². The van der Waals surface area contributed by atoms with E-state index in [1.54, 1.807) is 6.20 Å². The second-order valence-electron chi connectivity index (χ2n) is 9.07. The zero-order valence-corrected chi connectivity index (χ0v) is 19.1. The number of hydrogen-bond acceptors (Lipinski definition) is 7. The zero-order chi connectivity index (χ0) is 24.6. The van der Waals surface area contributed by atoms with Crippen molar-refractivity contribution in [1.82, 2.24) is 15.0 Å². The molecule has 35 heavy (non-hydrogen) atoms. The third-order valence-electron chi connectivity index (χ3n) is 6.51. The number of halogens is 3. The van der Waals surface area contributed by atoms with Gasteiger partial charge in [0.15, 0.2) is 0 Å². The molecular formula is C25H24F3N5O2. The van der Waals surface area contributed by atoms with E-state index in [2.05, 4.69) is 25.2 Å². The number of benzene rings is 1. The summed E-state index contributed by atoms with van der Waals surface area (Å²) >= 11 is 0. The van der Waals surface area contributed by atoms with Crippen LogP contribution in [0.15, 0.2) is 48.8 Å². The van der Waals surface area contributed by atoms with Crippen LogP contribution in [0.25, 0.3) is 11.1 Å². The van der Waals surface area contributed by atoms with Gasteiger partial charge >= 0.3 is 12.1 Å². The van der Waals surface area contributed by atoms with Crippen molar-refractivity contribution in [3.63, 3.8) is 0 Å². The lowest BCUT2D eigenvalue weighted by Crippen LogP contribution is -2.46. The fourth-order valence-corrected chi connectivity index (χ4v) is 4.76.